The lowest BCUT2D eigenvalue weighted by atomic mass is 9.92. The average molecular weight is 350 g/mol. The van der Waals surface area contributed by atoms with Gasteiger partial charge in [-0.15, -0.1) is 0 Å². The van der Waals surface area contributed by atoms with Crippen molar-refractivity contribution >= 4 is 11.5 Å². The molecule has 26 heavy (non-hydrogen) atoms. The van der Waals surface area contributed by atoms with Gasteiger partial charge in [-0.3, -0.25) is 9.79 Å². The first-order valence-electron chi connectivity index (χ1n) is 10.00. The van der Waals surface area contributed by atoms with E-state index in [0.29, 0.717) is 0 Å². The molecular formula is C24H31NO. The Hall–Kier alpha value is -2.22. The van der Waals surface area contributed by atoms with Crippen LogP contribution in [-0.4, -0.2) is 18.0 Å². The molecule has 2 heteroatoms. The van der Waals surface area contributed by atoms with E-state index in [1.807, 2.05) is 38.1 Å². The predicted octanol–water partition coefficient (Wildman–Crippen LogP) is 6.40. The van der Waals surface area contributed by atoms with Crippen LogP contribution in [-0.2, 0) is 0 Å². The first-order chi connectivity index (χ1) is 12.8. The van der Waals surface area contributed by atoms with Crippen molar-refractivity contribution in [1.82, 2.24) is 0 Å². The van der Waals surface area contributed by atoms with Gasteiger partial charge >= 0.3 is 0 Å². The second-order valence-corrected chi connectivity index (χ2v) is 6.62. The van der Waals surface area contributed by atoms with Crippen LogP contribution in [0.1, 0.15) is 79.4 Å². The highest BCUT2D eigenvalue weighted by molar-refractivity contribution is 6.21. The van der Waals surface area contributed by atoms with Gasteiger partial charge in [0.2, 0.25) is 0 Å². The van der Waals surface area contributed by atoms with Crippen molar-refractivity contribution in [2.24, 2.45) is 4.99 Å². The van der Waals surface area contributed by atoms with Crippen molar-refractivity contribution < 1.29 is 4.79 Å². The molecule has 0 unspecified atom stereocenters. The summed E-state index contributed by atoms with van der Waals surface area (Å²) in [4.78, 5) is 16.2. The van der Waals surface area contributed by atoms with Gasteiger partial charge in [-0.25, -0.2) is 0 Å². The van der Waals surface area contributed by atoms with Gasteiger partial charge < -0.3 is 0 Å². The lowest BCUT2D eigenvalue weighted by molar-refractivity contribution is 0.1000. The van der Waals surface area contributed by atoms with Crippen molar-refractivity contribution in [2.45, 2.75) is 59.3 Å². The first kappa shape index (κ1) is 20.1. The van der Waals surface area contributed by atoms with Gasteiger partial charge in [0.1, 0.15) is 6.54 Å². The van der Waals surface area contributed by atoms with Crippen LogP contribution >= 0.6 is 0 Å². The number of benzene rings is 2. The second kappa shape index (κ2) is 10.7. The van der Waals surface area contributed by atoms with Gasteiger partial charge in [0.15, 0.2) is 5.78 Å². The van der Waals surface area contributed by atoms with E-state index in [4.69, 9.17) is 0 Å². The summed E-state index contributed by atoms with van der Waals surface area (Å²) in [6, 6.07) is 15.9. The summed E-state index contributed by atoms with van der Waals surface area (Å²) in [6.07, 6.45) is 9.00. The molecule has 1 fully saturated rings. The number of ketones is 1. The normalized spacial score (nSPS) is 15.5. The van der Waals surface area contributed by atoms with Crippen molar-refractivity contribution in [1.29, 1.82) is 0 Å². The molecule has 4 rings (SSSR count). The number of hydrogen-bond donors (Lipinski definition) is 0. The second-order valence-electron chi connectivity index (χ2n) is 6.62. The predicted molar refractivity (Wildman–Crippen MR) is 112 cm³/mol. The Labute approximate surface area is 158 Å². The summed E-state index contributed by atoms with van der Waals surface area (Å²) in [7, 11) is 0. The number of aliphatic imine (C=N–C) groups is 1. The summed E-state index contributed by atoms with van der Waals surface area (Å²) < 4.78 is 0. The minimum atomic E-state index is 0.0986. The van der Waals surface area contributed by atoms with Gasteiger partial charge in [-0.05, 0) is 6.92 Å². The Balaban J connectivity index is 0.000000256. The molecule has 2 nitrogen and oxygen atoms in total. The fraction of sp³-hybridized carbons (Fsp3) is 0.417. The van der Waals surface area contributed by atoms with E-state index in [1.54, 1.807) is 0 Å². The molecule has 2 aromatic rings. The highest BCUT2D eigenvalue weighted by Gasteiger charge is 2.20. The maximum absolute atomic E-state index is 11.8. The third kappa shape index (κ3) is 5.39. The van der Waals surface area contributed by atoms with Crippen LogP contribution in [0.15, 0.2) is 53.5 Å². The molecule has 0 spiro atoms. The summed E-state index contributed by atoms with van der Waals surface area (Å²) >= 11 is 0. The number of aryl methyl sites for hydroxylation is 1. The Morgan fingerprint density at radius 1 is 0.731 bits per heavy atom. The topological polar surface area (TPSA) is 29.4 Å². The minimum Gasteiger partial charge on any atom is -0.292 e. The highest BCUT2D eigenvalue weighted by atomic mass is 16.1. The van der Waals surface area contributed by atoms with Gasteiger partial charge in [-0.2, -0.15) is 0 Å². The molecule has 0 bridgehead atoms. The van der Waals surface area contributed by atoms with Crippen LogP contribution in [0.3, 0.4) is 0 Å². The summed E-state index contributed by atoms with van der Waals surface area (Å²) in [6.45, 7) is 6.31. The SMILES string of the molecule is C1CCCCC1.CC.Cc1ccc(C2=NCC(=O)c3ccccc32)cc1. The third-order valence-electron chi connectivity index (χ3n) is 4.69. The third-order valence-corrected chi connectivity index (χ3v) is 4.69. The fourth-order valence-electron chi connectivity index (χ4n) is 3.27. The van der Waals surface area contributed by atoms with Crippen molar-refractivity contribution in [2.75, 3.05) is 6.54 Å². The number of fused-ring (bicyclic) bond motifs is 1. The zero-order valence-corrected chi connectivity index (χ0v) is 16.4. The Morgan fingerprint density at radius 3 is 1.77 bits per heavy atom. The highest BCUT2D eigenvalue weighted by Crippen LogP contribution is 2.20. The summed E-state index contributed by atoms with van der Waals surface area (Å²) in [5.41, 5.74) is 4.94. The van der Waals surface area contributed by atoms with E-state index in [-0.39, 0.29) is 12.3 Å². The van der Waals surface area contributed by atoms with Gasteiger partial charge in [0.25, 0.3) is 0 Å². The summed E-state index contributed by atoms with van der Waals surface area (Å²) in [5, 5.41) is 0. The molecule has 138 valence electrons. The molecule has 2 aliphatic rings. The zero-order chi connectivity index (χ0) is 18.8. The molecule has 0 radical (unpaired) electrons. The average Bonchev–Trinajstić information content (AvgIpc) is 2.73. The van der Waals surface area contributed by atoms with Crippen LogP contribution in [0.4, 0.5) is 0 Å². The molecule has 1 aliphatic heterocycles. The molecule has 2 aromatic carbocycles. The van der Waals surface area contributed by atoms with E-state index in [0.717, 1.165) is 22.4 Å². The van der Waals surface area contributed by atoms with Crippen molar-refractivity contribution in [3.05, 3.63) is 70.8 Å². The molecule has 0 amide bonds. The van der Waals surface area contributed by atoms with Crippen LogP contribution in [0, 0.1) is 6.92 Å². The number of carbonyl (C=O) groups is 1. The number of Topliss-reactive ketones (excluding diaryl/α,β-unsaturated/α-hetero) is 1. The molecule has 1 heterocycles. The molecular weight excluding hydrogens is 318 g/mol. The molecule has 0 atom stereocenters. The van der Waals surface area contributed by atoms with Crippen LogP contribution in [0.2, 0.25) is 0 Å². The molecule has 0 aromatic heterocycles. The van der Waals surface area contributed by atoms with Crippen LogP contribution in [0.25, 0.3) is 0 Å². The number of nitrogens with zero attached hydrogens (tertiary/aromatic N) is 1. The van der Waals surface area contributed by atoms with E-state index in [9.17, 15) is 4.79 Å². The van der Waals surface area contributed by atoms with Crippen LogP contribution < -0.4 is 0 Å². The van der Waals surface area contributed by atoms with E-state index in [2.05, 4.69) is 36.2 Å². The van der Waals surface area contributed by atoms with E-state index >= 15 is 0 Å². The smallest absolute Gasteiger partial charge is 0.184 e. The quantitative estimate of drug-likeness (QED) is 0.586. The Kier molecular flexibility index (Phi) is 8.27. The largest absolute Gasteiger partial charge is 0.292 e. The fourth-order valence-corrected chi connectivity index (χ4v) is 3.27. The van der Waals surface area contributed by atoms with E-state index < -0.39 is 0 Å². The monoisotopic (exact) mass is 349 g/mol. The molecule has 0 saturated heterocycles. The molecule has 0 N–H and O–H groups in total. The van der Waals surface area contributed by atoms with Crippen molar-refractivity contribution in [3.63, 3.8) is 0 Å². The van der Waals surface area contributed by atoms with Gasteiger partial charge in [0.05, 0.1) is 5.71 Å². The van der Waals surface area contributed by atoms with Crippen LogP contribution in [0.5, 0.6) is 0 Å². The number of carbonyl (C=O) groups excluding carboxylic acids is 1. The first-order valence-corrected chi connectivity index (χ1v) is 10.00. The van der Waals surface area contributed by atoms with Gasteiger partial charge in [0, 0.05) is 16.7 Å². The lowest BCUT2D eigenvalue weighted by Gasteiger charge is -2.16. The van der Waals surface area contributed by atoms with Gasteiger partial charge in [-0.1, -0.05) is 106 Å². The minimum absolute atomic E-state index is 0.0986. The van der Waals surface area contributed by atoms with E-state index in [1.165, 1.54) is 44.1 Å². The standard InChI is InChI=1S/C16H13NO.C6H12.C2H6/c1-11-6-8-12(9-7-11)16-14-5-3-2-4-13(14)15(18)10-17-16;1-2-4-6-5-3-1;1-2/h2-9H,10H2,1H3;1-6H2;1-2H3. The molecule has 1 saturated carbocycles. The maximum atomic E-state index is 11.8. The Bertz CT molecular complexity index is 713. The number of hydrogen-bond acceptors (Lipinski definition) is 2. The summed E-state index contributed by atoms with van der Waals surface area (Å²) in [5.74, 6) is 0.0986. The van der Waals surface area contributed by atoms with Crippen molar-refractivity contribution in [3.8, 4) is 0 Å². The maximum Gasteiger partial charge on any atom is 0.184 e. The number of rotatable bonds is 1. The lowest BCUT2D eigenvalue weighted by Crippen LogP contribution is -2.19. The molecule has 1 aliphatic carbocycles. The zero-order valence-electron chi connectivity index (χ0n) is 16.4. The Morgan fingerprint density at radius 2 is 1.23 bits per heavy atom.